The molecule has 0 atom stereocenters. The van der Waals surface area contributed by atoms with E-state index in [2.05, 4.69) is 0 Å². The van der Waals surface area contributed by atoms with Crippen LogP contribution in [0.4, 0.5) is 4.79 Å². The molecule has 0 saturated heterocycles. The quantitative estimate of drug-likeness (QED) is 0.432. The second-order valence-corrected chi connectivity index (χ2v) is 3.32. The topological polar surface area (TPSA) is 35.5 Å². The van der Waals surface area contributed by atoms with Gasteiger partial charge >= 0.3 is 6.16 Å². The summed E-state index contributed by atoms with van der Waals surface area (Å²) >= 11 is 0. The van der Waals surface area contributed by atoms with E-state index in [9.17, 15) is 4.79 Å². The molecule has 82 valence electrons. The van der Waals surface area contributed by atoms with E-state index in [0.717, 1.165) is 18.4 Å². The second-order valence-electron chi connectivity index (χ2n) is 3.32. The molecule has 3 heteroatoms. The zero-order valence-corrected chi connectivity index (χ0v) is 9.16. The smallest absolute Gasteiger partial charge is 0.434 e. The first-order chi connectivity index (χ1) is 7.24. The molecular formula is C12H16O3. The van der Waals surface area contributed by atoms with E-state index < -0.39 is 6.16 Å². The highest BCUT2D eigenvalue weighted by atomic mass is 16.7. The van der Waals surface area contributed by atoms with Crippen LogP contribution in [0.5, 0.6) is 5.75 Å². The number of hydrogen-bond acceptors (Lipinski definition) is 3. The van der Waals surface area contributed by atoms with Crippen LogP contribution >= 0.6 is 0 Å². The summed E-state index contributed by atoms with van der Waals surface area (Å²) < 4.78 is 9.91. The van der Waals surface area contributed by atoms with E-state index in [4.69, 9.17) is 9.47 Å². The van der Waals surface area contributed by atoms with Gasteiger partial charge < -0.3 is 9.47 Å². The molecule has 0 spiro atoms. The third-order valence-electron chi connectivity index (χ3n) is 2.00. The van der Waals surface area contributed by atoms with Crippen LogP contribution in [0.15, 0.2) is 24.3 Å². The van der Waals surface area contributed by atoms with Gasteiger partial charge in [0.15, 0.2) is 0 Å². The minimum Gasteiger partial charge on any atom is -0.434 e. The number of rotatable bonds is 4. The maximum absolute atomic E-state index is 11.2. The van der Waals surface area contributed by atoms with E-state index in [1.54, 1.807) is 6.07 Å². The first kappa shape index (κ1) is 11.6. The van der Waals surface area contributed by atoms with E-state index in [-0.39, 0.29) is 0 Å². The van der Waals surface area contributed by atoms with Gasteiger partial charge in [-0.05, 0) is 25.0 Å². The van der Waals surface area contributed by atoms with Crippen molar-refractivity contribution in [3.05, 3.63) is 29.8 Å². The minimum atomic E-state index is -0.627. The highest BCUT2D eigenvalue weighted by Crippen LogP contribution is 2.16. The van der Waals surface area contributed by atoms with Gasteiger partial charge in [0.2, 0.25) is 0 Å². The number of hydrogen-bond donors (Lipinski definition) is 0. The number of para-hydroxylation sites is 1. The molecule has 1 aromatic rings. The first-order valence-electron chi connectivity index (χ1n) is 5.14. The standard InChI is InChI=1S/C12H16O3/c1-3-4-9-14-12(13)15-11-8-6-5-7-10(11)2/h5-8H,3-4,9H2,1-2H3. The second kappa shape index (κ2) is 6.06. The Kier molecular flexibility index (Phi) is 4.68. The summed E-state index contributed by atoms with van der Waals surface area (Å²) in [5, 5.41) is 0. The number of aryl methyl sites for hydroxylation is 1. The maximum atomic E-state index is 11.2. The van der Waals surface area contributed by atoms with Crippen LogP contribution in [0.1, 0.15) is 25.3 Å². The average molecular weight is 208 g/mol. The lowest BCUT2D eigenvalue weighted by Gasteiger charge is -2.06. The van der Waals surface area contributed by atoms with Gasteiger partial charge in [-0.25, -0.2) is 4.79 Å². The Balaban J connectivity index is 2.41. The van der Waals surface area contributed by atoms with Crippen molar-refractivity contribution in [3.63, 3.8) is 0 Å². The third-order valence-corrected chi connectivity index (χ3v) is 2.00. The van der Waals surface area contributed by atoms with E-state index in [1.807, 2.05) is 32.0 Å². The van der Waals surface area contributed by atoms with Crippen molar-refractivity contribution in [3.8, 4) is 5.75 Å². The fourth-order valence-corrected chi connectivity index (χ4v) is 1.09. The van der Waals surface area contributed by atoms with Crippen LogP contribution in [-0.2, 0) is 4.74 Å². The van der Waals surface area contributed by atoms with Crippen LogP contribution < -0.4 is 4.74 Å². The fraction of sp³-hybridized carbons (Fsp3) is 0.417. The summed E-state index contributed by atoms with van der Waals surface area (Å²) in [6.45, 7) is 4.34. The molecule has 1 rings (SSSR count). The third kappa shape index (κ3) is 4.02. The minimum absolute atomic E-state index is 0.418. The monoisotopic (exact) mass is 208 g/mol. The lowest BCUT2D eigenvalue weighted by atomic mass is 10.2. The fourth-order valence-electron chi connectivity index (χ4n) is 1.09. The molecule has 3 nitrogen and oxygen atoms in total. The molecule has 1 aromatic carbocycles. The number of ether oxygens (including phenoxy) is 2. The molecule has 0 radical (unpaired) electrons. The highest BCUT2D eigenvalue weighted by molar-refractivity contribution is 5.64. The maximum Gasteiger partial charge on any atom is 0.513 e. The average Bonchev–Trinajstić information content (AvgIpc) is 2.22. The molecule has 15 heavy (non-hydrogen) atoms. The Bertz CT molecular complexity index is 320. The lowest BCUT2D eigenvalue weighted by molar-refractivity contribution is 0.0976. The predicted octanol–water partition coefficient (Wildman–Crippen LogP) is 3.31. The van der Waals surface area contributed by atoms with Crippen molar-refractivity contribution in [2.75, 3.05) is 6.61 Å². The van der Waals surface area contributed by atoms with Gasteiger partial charge in [0.25, 0.3) is 0 Å². The molecule has 0 fully saturated rings. The lowest BCUT2D eigenvalue weighted by Crippen LogP contribution is -2.11. The Labute approximate surface area is 90.0 Å². The highest BCUT2D eigenvalue weighted by Gasteiger charge is 2.06. The van der Waals surface area contributed by atoms with Gasteiger partial charge in [0.1, 0.15) is 5.75 Å². The summed E-state index contributed by atoms with van der Waals surface area (Å²) in [4.78, 5) is 11.2. The normalized spacial score (nSPS) is 9.73. The number of unbranched alkanes of at least 4 members (excludes halogenated alkanes) is 1. The summed E-state index contributed by atoms with van der Waals surface area (Å²) in [6, 6.07) is 7.34. The van der Waals surface area contributed by atoms with Gasteiger partial charge in [0.05, 0.1) is 6.61 Å². The zero-order valence-electron chi connectivity index (χ0n) is 9.16. The summed E-state index contributed by atoms with van der Waals surface area (Å²) in [6.07, 6.45) is 1.23. The van der Waals surface area contributed by atoms with Crippen molar-refractivity contribution in [1.29, 1.82) is 0 Å². The molecule has 0 saturated carbocycles. The Hall–Kier alpha value is -1.51. The molecule has 0 bridgehead atoms. The van der Waals surface area contributed by atoms with Crippen molar-refractivity contribution in [1.82, 2.24) is 0 Å². The Morgan fingerprint density at radius 1 is 1.33 bits per heavy atom. The molecule has 0 aromatic heterocycles. The molecule has 0 aliphatic carbocycles. The summed E-state index contributed by atoms with van der Waals surface area (Å²) in [5.74, 6) is 0.555. The van der Waals surface area contributed by atoms with Gasteiger partial charge in [-0.2, -0.15) is 0 Å². The molecule has 0 N–H and O–H groups in total. The van der Waals surface area contributed by atoms with Gasteiger partial charge in [-0.15, -0.1) is 0 Å². The molecule has 0 amide bonds. The molecule has 0 unspecified atom stereocenters. The zero-order chi connectivity index (χ0) is 11.1. The van der Waals surface area contributed by atoms with Gasteiger partial charge in [-0.3, -0.25) is 0 Å². The van der Waals surface area contributed by atoms with Crippen molar-refractivity contribution < 1.29 is 14.3 Å². The molecular weight excluding hydrogens is 192 g/mol. The van der Waals surface area contributed by atoms with Crippen LogP contribution in [0.3, 0.4) is 0 Å². The van der Waals surface area contributed by atoms with Crippen LogP contribution in [0.2, 0.25) is 0 Å². The SMILES string of the molecule is CCCCOC(=O)Oc1ccccc1C. The van der Waals surface area contributed by atoms with E-state index in [1.165, 1.54) is 0 Å². The van der Waals surface area contributed by atoms with Crippen LogP contribution in [0, 0.1) is 6.92 Å². The van der Waals surface area contributed by atoms with Crippen molar-refractivity contribution in [2.24, 2.45) is 0 Å². The summed E-state index contributed by atoms with van der Waals surface area (Å²) in [7, 11) is 0. The van der Waals surface area contributed by atoms with Gasteiger partial charge in [0, 0.05) is 0 Å². The number of carbonyl (C=O) groups excluding carboxylic acids is 1. The summed E-state index contributed by atoms with van der Waals surface area (Å²) in [5.41, 5.74) is 0.921. The number of benzene rings is 1. The largest absolute Gasteiger partial charge is 0.513 e. The van der Waals surface area contributed by atoms with E-state index in [0.29, 0.717) is 12.4 Å². The Morgan fingerprint density at radius 3 is 2.73 bits per heavy atom. The first-order valence-corrected chi connectivity index (χ1v) is 5.14. The van der Waals surface area contributed by atoms with Crippen molar-refractivity contribution in [2.45, 2.75) is 26.7 Å². The molecule has 0 aliphatic rings. The Morgan fingerprint density at radius 2 is 2.07 bits per heavy atom. The van der Waals surface area contributed by atoms with Crippen molar-refractivity contribution >= 4 is 6.16 Å². The van der Waals surface area contributed by atoms with Crippen LogP contribution in [0.25, 0.3) is 0 Å². The van der Waals surface area contributed by atoms with Gasteiger partial charge in [-0.1, -0.05) is 31.5 Å². The molecule has 0 heterocycles. The van der Waals surface area contributed by atoms with E-state index >= 15 is 0 Å². The molecule has 0 aliphatic heterocycles. The van der Waals surface area contributed by atoms with Crippen LogP contribution in [-0.4, -0.2) is 12.8 Å². The number of carbonyl (C=O) groups is 1. The predicted molar refractivity (Wildman–Crippen MR) is 58.1 cm³/mol.